The van der Waals surface area contributed by atoms with Gasteiger partial charge in [0, 0.05) is 27.9 Å². The third kappa shape index (κ3) is 6.95. The molecule has 2 amide bonds. The van der Waals surface area contributed by atoms with E-state index in [9.17, 15) is 14.9 Å². The van der Waals surface area contributed by atoms with Crippen LogP contribution in [-0.2, 0) is 9.59 Å². The summed E-state index contributed by atoms with van der Waals surface area (Å²) in [5.74, 6) is -0.216. The van der Waals surface area contributed by atoms with E-state index in [0.717, 1.165) is 16.0 Å². The molecular weight excluding hydrogens is 450 g/mol. The second-order valence-electron chi connectivity index (χ2n) is 8.89. The molecule has 33 heavy (non-hydrogen) atoms. The number of amides is 2. The van der Waals surface area contributed by atoms with Crippen LogP contribution in [0.25, 0.3) is 11.1 Å². The first-order valence-corrected chi connectivity index (χ1v) is 12.4. The molecule has 0 radical (unpaired) electrons. The molecule has 0 saturated carbocycles. The second kappa shape index (κ2) is 10.7. The highest BCUT2D eigenvalue weighted by molar-refractivity contribution is 8.00. The standard InChI is InChI=1S/C26H27N3O2S2/c1-17(33-20-12-8-11-19(13-20)28-23(30)14-26(2,3)4)24(31)29-25-21(15-27)22(16-32-25)18-9-6-5-7-10-18/h5-13,16-17H,14H2,1-4H3,(H,28,30)(H,29,31). The molecule has 170 valence electrons. The van der Waals surface area contributed by atoms with Crippen molar-refractivity contribution in [3.05, 3.63) is 65.5 Å². The highest BCUT2D eigenvalue weighted by atomic mass is 32.2. The van der Waals surface area contributed by atoms with Gasteiger partial charge in [-0.25, -0.2) is 0 Å². The summed E-state index contributed by atoms with van der Waals surface area (Å²) >= 11 is 2.75. The number of rotatable bonds is 7. The van der Waals surface area contributed by atoms with Gasteiger partial charge in [-0.1, -0.05) is 57.2 Å². The maximum atomic E-state index is 12.8. The minimum atomic E-state index is -0.389. The van der Waals surface area contributed by atoms with E-state index in [1.54, 1.807) is 0 Å². The van der Waals surface area contributed by atoms with Gasteiger partial charge in [0.25, 0.3) is 0 Å². The molecule has 2 aromatic carbocycles. The molecular formula is C26H27N3O2S2. The van der Waals surface area contributed by atoms with Crippen LogP contribution in [0.15, 0.2) is 64.9 Å². The monoisotopic (exact) mass is 477 g/mol. The summed E-state index contributed by atoms with van der Waals surface area (Å²) in [5, 5.41) is 17.6. The lowest BCUT2D eigenvalue weighted by Crippen LogP contribution is -2.22. The molecule has 0 bridgehead atoms. The molecule has 3 rings (SSSR count). The van der Waals surface area contributed by atoms with Crippen LogP contribution in [0.4, 0.5) is 10.7 Å². The molecule has 3 aromatic rings. The van der Waals surface area contributed by atoms with Crippen LogP contribution in [-0.4, -0.2) is 17.1 Å². The highest BCUT2D eigenvalue weighted by Gasteiger charge is 2.20. The fourth-order valence-electron chi connectivity index (χ4n) is 3.20. The summed E-state index contributed by atoms with van der Waals surface area (Å²) in [6.07, 6.45) is 0.427. The number of carbonyl (C=O) groups is 2. The molecule has 0 spiro atoms. The molecule has 1 aromatic heterocycles. The Hall–Kier alpha value is -3.08. The Morgan fingerprint density at radius 3 is 2.48 bits per heavy atom. The Bertz CT molecular complexity index is 1170. The van der Waals surface area contributed by atoms with Crippen LogP contribution in [0.2, 0.25) is 0 Å². The molecule has 2 N–H and O–H groups in total. The number of anilines is 2. The summed E-state index contributed by atoms with van der Waals surface area (Å²) < 4.78 is 0. The van der Waals surface area contributed by atoms with Gasteiger partial charge >= 0.3 is 0 Å². The van der Waals surface area contributed by atoms with Crippen molar-refractivity contribution < 1.29 is 9.59 Å². The van der Waals surface area contributed by atoms with Crippen LogP contribution < -0.4 is 10.6 Å². The average Bonchev–Trinajstić information content (AvgIpc) is 3.15. The molecule has 1 unspecified atom stereocenters. The largest absolute Gasteiger partial charge is 0.326 e. The summed E-state index contributed by atoms with van der Waals surface area (Å²) in [6, 6.07) is 19.4. The summed E-state index contributed by atoms with van der Waals surface area (Å²) in [6.45, 7) is 7.89. The van der Waals surface area contributed by atoms with Crippen molar-refractivity contribution in [3.63, 3.8) is 0 Å². The number of thiophene rings is 1. The zero-order valence-corrected chi connectivity index (χ0v) is 20.8. The molecule has 1 heterocycles. The number of nitrogens with zero attached hydrogens (tertiary/aromatic N) is 1. The van der Waals surface area contributed by atoms with E-state index < -0.39 is 0 Å². The molecule has 5 nitrogen and oxygen atoms in total. The topological polar surface area (TPSA) is 82.0 Å². The van der Waals surface area contributed by atoms with Crippen molar-refractivity contribution >= 4 is 45.6 Å². The van der Waals surface area contributed by atoms with Crippen LogP contribution in [0.1, 0.15) is 39.7 Å². The van der Waals surface area contributed by atoms with Gasteiger partial charge in [0.1, 0.15) is 11.1 Å². The third-order valence-electron chi connectivity index (χ3n) is 4.72. The first kappa shape index (κ1) is 24.6. The van der Waals surface area contributed by atoms with E-state index >= 15 is 0 Å². The van der Waals surface area contributed by atoms with Crippen LogP contribution in [0.5, 0.6) is 0 Å². The Kier molecular flexibility index (Phi) is 7.96. The van der Waals surface area contributed by atoms with Crippen molar-refractivity contribution in [2.45, 2.75) is 44.3 Å². The van der Waals surface area contributed by atoms with E-state index in [-0.39, 0.29) is 22.5 Å². The third-order valence-corrected chi connectivity index (χ3v) is 6.70. The van der Waals surface area contributed by atoms with Gasteiger partial charge in [-0.05, 0) is 36.1 Å². The predicted octanol–water partition coefficient (Wildman–Crippen LogP) is 6.78. The number of hydrogen-bond donors (Lipinski definition) is 2. The number of thioether (sulfide) groups is 1. The Labute approximate surface area is 203 Å². The fourth-order valence-corrected chi connectivity index (χ4v) is 5.05. The lowest BCUT2D eigenvalue weighted by Gasteiger charge is -2.17. The second-order valence-corrected chi connectivity index (χ2v) is 11.2. The normalized spacial score (nSPS) is 12.0. The van der Waals surface area contributed by atoms with Crippen molar-refractivity contribution in [2.24, 2.45) is 5.41 Å². The first-order valence-electron chi connectivity index (χ1n) is 10.6. The zero-order valence-electron chi connectivity index (χ0n) is 19.1. The van der Waals surface area contributed by atoms with Gasteiger partial charge in [-0.15, -0.1) is 23.1 Å². The van der Waals surface area contributed by atoms with Crippen LogP contribution >= 0.6 is 23.1 Å². The Balaban J connectivity index is 1.66. The van der Waals surface area contributed by atoms with Crippen LogP contribution in [0, 0.1) is 16.7 Å². The molecule has 0 fully saturated rings. The molecule has 1 atom stereocenters. The summed E-state index contributed by atoms with van der Waals surface area (Å²) in [5.41, 5.74) is 2.85. The Morgan fingerprint density at radius 2 is 1.82 bits per heavy atom. The van der Waals surface area contributed by atoms with Gasteiger partial charge < -0.3 is 10.6 Å². The van der Waals surface area contributed by atoms with Gasteiger partial charge in [0.05, 0.1) is 10.8 Å². The maximum absolute atomic E-state index is 12.8. The van der Waals surface area contributed by atoms with E-state index in [2.05, 4.69) is 16.7 Å². The van der Waals surface area contributed by atoms with E-state index in [0.29, 0.717) is 22.7 Å². The first-order chi connectivity index (χ1) is 15.7. The van der Waals surface area contributed by atoms with E-state index in [1.165, 1.54) is 23.1 Å². The van der Waals surface area contributed by atoms with E-state index in [1.807, 2.05) is 87.7 Å². The van der Waals surface area contributed by atoms with Crippen molar-refractivity contribution in [2.75, 3.05) is 10.6 Å². The minimum Gasteiger partial charge on any atom is -0.326 e. The summed E-state index contributed by atoms with van der Waals surface area (Å²) in [7, 11) is 0. The van der Waals surface area contributed by atoms with Gasteiger partial charge in [0.2, 0.25) is 11.8 Å². The molecule has 0 saturated heterocycles. The van der Waals surface area contributed by atoms with E-state index in [4.69, 9.17) is 0 Å². The number of hydrogen-bond acceptors (Lipinski definition) is 5. The molecule has 0 aliphatic carbocycles. The summed E-state index contributed by atoms with van der Waals surface area (Å²) in [4.78, 5) is 26.0. The maximum Gasteiger partial charge on any atom is 0.238 e. The quantitative estimate of drug-likeness (QED) is 0.367. The lowest BCUT2D eigenvalue weighted by molar-refractivity contribution is -0.118. The zero-order chi connectivity index (χ0) is 24.0. The van der Waals surface area contributed by atoms with Gasteiger partial charge in [0.15, 0.2) is 0 Å². The molecule has 7 heteroatoms. The van der Waals surface area contributed by atoms with Crippen LogP contribution in [0.3, 0.4) is 0 Å². The smallest absolute Gasteiger partial charge is 0.238 e. The SMILES string of the molecule is CC(Sc1cccc(NC(=O)CC(C)(C)C)c1)C(=O)Nc1scc(-c2ccccc2)c1C#N. The average molecular weight is 478 g/mol. The molecule has 0 aliphatic rings. The van der Waals surface area contributed by atoms with Gasteiger partial charge in [-0.2, -0.15) is 5.26 Å². The minimum absolute atomic E-state index is 0.0357. The van der Waals surface area contributed by atoms with Crippen molar-refractivity contribution in [1.29, 1.82) is 5.26 Å². The van der Waals surface area contributed by atoms with Crippen molar-refractivity contribution in [1.82, 2.24) is 0 Å². The number of benzene rings is 2. The Morgan fingerprint density at radius 1 is 1.09 bits per heavy atom. The number of carbonyl (C=O) groups excluding carboxylic acids is 2. The number of nitriles is 1. The fraction of sp³-hybridized carbons (Fsp3) is 0.269. The lowest BCUT2D eigenvalue weighted by atomic mass is 9.92. The molecule has 0 aliphatic heterocycles. The predicted molar refractivity (Wildman–Crippen MR) is 138 cm³/mol. The van der Waals surface area contributed by atoms with Gasteiger partial charge in [-0.3, -0.25) is 9.59 Å². The highest BCUT2D eigenvalue weighted by Crippen LogP contribution is 2.35. The van der Waals surface area contributed by atoms with Crippen molar-refractivity contribution in [3.8, 4) is 17.2 Å². The number of nitrogens with one attached hydrogen (secondary N) is 2.